The topological polar surface area (TPSA) is 114 Å². The normalized spacial score (nSPS) is 14.0. The largest absolute Gasteiger partial charge is 0.756 e. The number of hydrogen-bond donors (Lipinski definition) is 1. The van der Waals surface area contributed by atoms with E-state index in [9.17, 15) is 19.0 Å². The van der Waals surface area contributed by atoms with Gasteiger partial charge in [-0.25, -0.2) is 0 Å². The summed E-state index contributed by atoms with van der Waals surface area (Å²) < 4.78 is 30.3. The molecule has 444 valence electrons. The van der Waals surface area contributed by atoms with Crippen molar-refractivity contribution in [2.24, 2.45) is 0 Å². The molecule has 0 aliphatic rings. The third kappa shape index (κ3) is 56.4. The van der Waals surface area contributed by atoms with E-state index in [1.807, 2.05) is 33.3 Å². The van der Waals surface area contributed by atoms with Crippen molar-refractivity contribution < 1.29 is 37.3 Å². The summed E-state index contributed by atoms with van der Waals surface area (Å²) in [5.74, 6) is -0.547. The summed E-state index contributed by atoms with van der Waals surface area (Å²) in [7, 11) is 1.18. The summed E-state index contributed by atoms with van der Waals surface area (Å²) in [6, 6.07) is -0.891. The molecule has 0 spiro atoms. The number of amides is 1. The van der Waals surface area contributed by atoms with Gasteiger partial charge in [-0.3, -0.25) is 14.2 Å². The summed E-state index contributed by atoms with van der Waals surface area (Å²) in [6.07, 6.45) is 70.6. The van der Waals surface area contributed by atoms with Crippen LogP contribution in [-0.2, 0) is 27.9 Å². The average Bonchev–Trinajstić information content (AvgIpc) is 3.38. The molecule has 0 radical (unpaired) electrons. The fourth-order valence-corrected chi connectivity index (χ4v) is 9.88. The number of nitrogens with zero attached hydrogens (tertiary/aromatic N) is 1. The molecule has 0 aliphatic carbocycles. The second-order valence-electron chi connectivity index (χ2n) is 22.9. The Hall–Kier alpha value is -2.29. The minimum atomic E-state index is -4.70. The number of esters is 1. The molecule has 0 aliphatic heterocycles. The maximum atomic E-state index is 13.5. The molecule has 0 heterocycles. The van der Waals surface area contributed by atoms with Crippen molar-refractivity contribution in [3.8, 4) is 0 Å². The Morgan fingerprint density at radius 2 is 0.816 bits per heavy atom. The van der Waals surface area contributed by atoms with E-state index in [0.717, 1.165) is 96.3 Å². The summed E-state index contributed by atoms with van der Waals surface area (Å²) in [6.45, 7) is 6.78. The molecule has 3 atom stereocenters. The smallest absolute Gasteiger partial charge is 0.306 e. The molecule has 0 rings (SSSR count). The number of carbonyl (C=O) groups excluding carboxylic acids is 2. The van der Waals surface area contributed by atoms with E-state index in [4.69, 9.17) is 13.8 Å². The van der Waals surface area contributed by atoms with Gasteiger partial charge in [-0.2, -0.15) is 0 Å². The summed E-state index contributed by atoms with van der Waals surface area (Å²) in [5.41, 5.74) is 0. The van der Waals surface area contributed by atoms with Gasteiger partial charge in [0.15, 0.2) is 0 Å². The van der Waals surface area contributed by atoms with Crippen LogP contribution in [-0.4, -0.2) is 69.4 Å². The fraction of sp³-hybridized carbons (Fsp3) is 0.818. The quantitative estimate of drug-likeness (QED) is 0.0212. The van der Waals surface area contributed by atoms with Gasteiger partial charge in [-0.1, -0.05) is 255 Å². The standard InChI is InChI=1S/C66H123N2O7P/c1-7-10-13-16-19-22-25-27-28-29-30-31-32-33-34-35-36-37-38-39-40-41-44-47-50-53-56-59-66(70)75-64(57-54-51-48-45-43-26-23-20-17-14-11-8-2)63(62-74-76(71,72)73-61-60-68(4,5)6)67-65(69)58-55-52-49-46-42-24-21-18-15-12-9-3/h18-19,21-22,27-28,30-31,54,57,63-64H,7-17,20,23-26,29,32-53,55-56,58-62H2,1-6H3,(H-,67,69,71,72)/b21-18-,22-19-,28-27-,31-30-,57-54-. The molecule has 0 bridgehead atoms. The molecule has 76 heavy (non-hydrogen) atoms. The summed E-state index contributed by atoms with van der Waals surface area (Å²) in [5, 5.41) is 3.02. The van der Waals surface area contributed by atoms with Gasteiger partial charge < -0.3 is 28.5 Å². The maximum absolute atomic E-state index is 13.5. The van der Waals surface area contributed by atoms with E-state index < -0.39 is 26.6 Å². The molecule has 3 unspecified atom stereocenters. The van der Waals surface area contributed by atoms with Crippen LogP contribution in [0.1, 0.15) is 297 Å². The van der Waals surface area contributed by atoms with Crippen LogP contribution in [0.4, 0.5) is 0 Å². The molecule has 10 heteroatoms. The number of allylic oxidation sites excluding steroid dienone is 9. The minimum absolute atomic E-state index is 0.0241. The number of rotatable bonds is 58. The first-order valence-electron chi connectivity index (χ1n) is 32.1. The fourth-order valence-electron chi connectivity index (χ4n) is 9.16. The van der Waals surface area contributed by atoms with Gasteiger partial charge in [-0.15, -0.1) is 0 Å². The van der Waals surface area contributed by atoms with Crippen molar-refractivity contribution in [2.75, 3.05) is 40.9 Å². The number of phosphoric acid groups is 1. The third-order valence-electron chi connectivity index (χ3n) is 14.2. The van der Waals surface area contributed by atoms with Gasteiger partial charge in [0.2, 0.25) is 5.91 Å². The highest BCUT2D eigenvalue weighted by atomic mass is 31.2. The number of nitrogens with one attached hydrogen (secondary N) is 1. The predicted octanol–water partition coefficient (Wildman–Crippen LogP) is 19.2. The van der Waals surface area contributed by atoms with Gasteiger partial charge in [0.1, 0.15) is 19.3 Å². The van der Waals surface area contributed by atoms with Gasteiger partial charge >= 0.3 is 5.97 Å². The van der Waals surface area contributed by atoms with Crippen molar-refractivity contribution in [1.82, 2.24) is 5.32 Å². The van der Waals surface area contributed by atoms with E-state index in [-0.39, 0.29) is 24.9 Å². The van der Waals surface area contributed by atoms with Gasteiger partial charge in [0.05, 0.1) is 33.8 Å². The van der Waals surface area contributed by atoms with Crippen molar-refractivity contribution in [2.45, 2.75) is 309 Å². The molecule has 1 amide bonds. The van der Waals surface area contributed by atoms with Crippen molar-refractivity contribution in [3.05, 3.63) is 60.8 Å². The number of carbonyl (C=O) groups is 2. The van der Waals surface area contributed by atoms with Crippen molar-refractivity contribution in [3.63, 3.8) is 0 Å². The number of phosphoric ester groups is 1. The Labute approximate surface area is 471 Å². The monoisotopic (exact) mass is 1090 g/mol. The Bertz CT molecular complexity index is 1490. The van der Waals surface area contributed by atoms with Crippen LogP contribution in [0.25, 0.3) is 0 Å². The Kier molecular flexibility index (Phi) is 54.3. The van der Waals surface area contributed by atoms with Crippen molar-refractivity contribution >= 4 is 19.7 Å². The highest BCUT2D eigenvalue weighted by Crippen LogP contribution is 2.38. The summed E-state index contributed by atoms with van der Waals surface area (Å²) in [4.78, 5) is 39.9. The lowest BCUT2D eigenvalue weighted by Gasteiger charge is -2.30. The molecule has 0 saturated carbocycles. The molecular formula is C66H123N2O7P. The zero-order valence-corrected chi connectivity index (χ0v) is 51.6. The number of quaternary nitrogens is 1. The molecule has 0 saturated heterocycles. The first-order valence-corrected chi connectivity index (χ1v) is 33.6. The number of likely N-dealkylation sites (N-methyl/N-ethyl adjacent to an activating group) is 1. The lowest BCUT2D eigenvalue weighted by molar-refractivity contribution is -0.870. The second kappa shape index (κ2) is 56.0. The van der Waals surface area contributed by atoms with E-state index >= 15 is 0 Å². The predicted molar refractivity (Wildman–Crippen MR) is 325 cm³/mol. The molecule has 0 aromatic heterocycles. The van der Waals surface area contributed by atoms with Gasteiger partial charge in [0.25, 0.3) is 7.82 Å². The zero-order valence-electron chi connectivity index (χ0n) is 50.7. The first kappa shape index (κ1) is 73.7. The van der Waals surface area contributed by atoms with Gasteiger partial charge in [-0.05, 0) is 89.5 Å². The SMILES string of the molecule is CCCC/C=C\CCCCCCCC(=O)NC(COP(=O)([O-])OCC[N+](C)(C)C)C(/C=C\CCCCCCCCCCCC)OC(=O)CCCCCCCCCCCCCCCC/C=C\C/C=C\C/C=C\CCCCC. The highest BCUT2D eigenvalue weighted by Gasteiger charge is 2.27. The van der Waals surface area contributed by atoms with Crippen LogP contribution in [0.2, 0.25) is 0 Å². The second-order valence-corrected chi connectivity index (χ2v) is 24.3. The van der Waals surface area contributed by atoms with Crippen LogP contribution in [0.3, 0.4) is 0 Å². The van der Waals surface area contributed by atoms with Crippen LogP contribution in [0.5, 0.6) is 0 Å². The van der Waals surface area contributed by atoms with Crippen LogP contribution in [0, 0.1) is 0 Å². The highest BCUT2D eigenvalue weighted by molar-refractivity contribution is 7.45. The Morgan fingerprint density at radius 1 is 0.461 bits per heavy atom. The molecule has 1 N–H and O–H groups in total. The zero-order chi connectivity index (χ0) is 55.7. The van der Waals surface area contributed by atoms with Crippen LogP contribution >= 0.6 is 7.82 Å². The first-order chi connectivity index (χ1) is 36.9. The number of hydrogen-bond acceptors (Lipinski definition) is 7. The van der Waals surface area contributed by atoms with Crippen LogP contribution in [0.15, 0.2) is 60.8 Å². The van der Waals surface area contributed by atoms with E-state index in [2.05, 4.69) is 74.7 Å². The number of ether oxygens (including phenoxy) is 1. The van der Waals surface area contributed by atoms with E-state index in [1.54, 1.807) is 0 Å². The third-order valence-corrected chi connectivity index (χ3v) is 15.1. The van der Waals surface area contributed by atoms with Crippen LogP contribution < -0.4 is 10.2 Å². The maximum Gasteiger partial charge on any atom is 0.306 e. The molecule has 0 aromatic rings. The number of unbranched alkanes of at least 4 members (excludes halogenated alkanes) is 34. The Morgan fingerprint density at radius 3 is 1.28 bits per heavy atom. The molecular weight excluding hydrogens is 964 g/mol. The van der Waals surface area contributed by atoms with Gasteiger partial charge in [0, 0.05) is 12.8 Å². The van der Waals surface area contributed by atoms with E-state index in [0.29, 0.717) is 17.4 Å². The van der Waals surface area contributed by atoms with E-state index in [1.165, 1.54) is 167 Å². The minimum Gasteiger partial charge on any atom is -0.756 e. The molecule has 0 fully saturated rings. The lowest BCUT2D eigenvalue weighted by atomic mass is 10.0. The average molecular weight is 1090 g/mol. The van der Waals surface area contributed by atoms with Crippen molar-refractivity contribution in [1.29, 1.82) is 0 Å². The Balaban J connectivity index is 4.99. The lowest BCUT2D eigenvalue weighted by Crippen LogP contribution is -2.47. The summed E-state index contributed by atoms with van der Waals surface area (Å²) >= 11 is 0. The molecule has 9 nitrogen and oxygen atoms in total. The molecule has 0 aromatic carbocycles.